The van der Waals surface area contributed by atoms with Crippen LogP contribution in [0.1, 0.15) is 20.3 Å². The molecule has 3 nitrogen and oxygen atoms in total. The van der Waals surface area contributed by atoms with Gasteiger partial charge in [-0.05, 0) is 27.3 Å². The van der Waals surface area contributed by atoms with Crippen LogP contribution < -0.4 is 5.32 Å². The Bertz CT molecular complexity index is 88.6. The predicted molar refractivity (Wildman–Crippen MR) is 50.5 cm³/mol. The molecule has 0 radical (unpaired) electrons. The van der Waals surface area contributed by atoms with Crippen LogP contribution in [0.3, 0.4) is 0 Å². The van der Waals surface area contributed by atoms with Crippen LogP contribution in [0.25, 0.3) is 0 Å². The third-order valence-electron chi connectivity index (χ3n) is 1.75. The van der Waals surface area contributed by atoms with Gasteiger partial charge in [-0.15, -0.1) is 0 Å². The summed E-state index contributed by atoms with van der Waals surface area (Å²) in [6.07, 6.45) is 1.02. The predicted octanol–water partition coefficient (Wildman–Crippen LogP) is 1.04. The highest BCUT2D eigenvalue weighted by atomic mass is 16.5. The Kier molecular flexibility index (Phi) is 8.88. The van der Waals surface area contributed by atoms with Crippen molar-refractivity contribution in [2.45, 2.75) is 26.3 Å². The van der Waals surface area contributed by atoms with E-state index in [2.05, 4.69) is 5.32 Å². The smallest absolute Gasteiger partial charge is 0.0620 e. The standard InChI is InChI=1S/C9H21NO2/c1-4-11-7-6-9(10-3)8-12-5-2/h9-10H,4-8H2,1-3H3. The molecule has 1 N–H and O–H groups in total. The molecular weight excluding hydrogens is 154 g/mol. The first-order valence-corrected chi connectivity index (χ1v) is 4.67. The second kappa shape index (κ2) is 8.97. The lowest BCUT2D eigenvalue weighted by molar-refractivity contribution is 0.0949. The fourth-order valence-electron chi connectivity index (χ4n) is 0.941. The summed E-state index contributed by atoms with van der Waals surface area (Å²) in [6, 6.07) is 0.427. The number of hydrogen-bond donors (Lipinski definition) is 1. The molecule has 0 bridgehead atoms. The summed E-state index contributed by atoms with van der Waals surface area (Å²) in [5, 5.41) is 3.19. The summed E-state index contributed by atoms with van der Waals surface area (Å²) in [7, 11) is 1.95. The maximum atomic E-state index is 5.30. The first kappa shape index (κ1) is 11.9. The first-order chi connectivity index (χ1) is 5.85. The molecule has 0 heterocycles. The van der Waals surface area contributed by atoms with E-state index in [1.165, 1.54) is 0 Å². The van der Waals surface area contributed by atoms with Crippen LogP contribution in [0.15, 0.2) is 0 Å². The summed E-state index contributed by atoms with van der Waals surface area (Å²) in [5.74, 6) is 0. The number of likely N-dealkylation sites (N-methyl/N-ethyl adjacent to an activating group) is 1. The molecule has 12 heavy (non-hydrogen) atoms. The molecule has 0 aliphatic carbocycles. The maximum Gasteiger partial charge on any atom is 0.0620 e. The van der Waals surface area contributed by atoms with E-state index < -0.39 is 0 Å². The highest BCUT2D eigenvalue weighted by Gasteiger charge is 2.04. The number of ether oxygens (including phenoxy) is 2. The van der Waals surface area contributed by atoms with E-state index in [4.69, 9.17) is 9.47 Å². The summed E-state index contributed by atoms with van der Waals surface area (Å²) in [6.45, 7) is 7.19. The molecule has 0 saturated heterocycles. The number of rotatable bonds is 8. The van der Waals surface area contributed by atoms with Crippen molar-refractivity contribution in [1.82, 2.24) is 5.32 Å². The highest BCUT2D eigenvalue weighted by molar-refractivity contribution is 4.62. The lowest BCUT2D eigenvalue weighted by atomic mass is 10.2. The summed E-state index contributed by atoms with van der Waals surface area (Å²) in [5.41, 5.74) is 0. The van der Waals surface area contributed by atoms with Gasteiger partial charge in [0.05, 0.1) is 6.61 Å². The normalized spacial score (nSPS) is 13.2. The Labute approximate surface area is 75.4 Å². The Hall–Kier alpha value is -0.120. The minimum atomic E-state index is 0.427. The molecule has 0 saturated carbocycles. The molecule has 3 heteroatoms. The van der Waals surface area contributed by atoms with Crippen LogP contribution in [0.2, 0.25) is 0 Å². The van der Waals surface area contributed by atoms with Gasteiger partial charge in [-0.3, -0.25) is 0 Å². The summed E-state index contributed by atoms with van der Waals surface area (Å²) < 4.78 is 10.5. The van der Waals surface area contributed by atoms with Gasteiger partial charge in [-0.25, -0.2) is 0 Å². The first-order valence-electron chi connectivity index (χ1n) is 4.67. The zero-order valence-electron chi connectivity index (χ0n) is 8.43. The minimum Gasteiger partial charge on any atom is -0.382 e. The Morgan fingerprint density at radius 3 is 2.33 bits per heavy atom. The Morgan fingerprint density at radius 1 is 1.17 bits per heavy atom. The third-order valence-corrected chi connectivity index (χ3v) is 1.75. The largest absolute Gasteiger partial charge is 0.382 e. The topological polar surface area (TPSA) is 30.5 Å². The highest BCUT2D eigenvalue weighted by Crippen LogP contribution is 1.93. The monoisotopic (exact) mass is 175 g/mol. The van der Waals surface area contributed by atoms with E-state index >= 15 is 0 Å². The van der Waals surface area contributed by atoms with Crippen molar-refractivity contribution in [2.24, 2.45) is 0 Å². The van der Waals surface area contributed by atoms with Gasteiger partial charge in [0, 0.05) is 25.9 Å². The van der Waals surface area contributed by atoms with Gasteiger partial charge >= 0.3 is 0 Å². The van der Waals surface area contributed by atoms with Crippen LogP contribution in [0.4, 0.5) is 0 Å². The molecule has 1 atom stereocenters. The van der Waals surface area contributed by atoms with Crippen molar-refractivity contribution in [3.05, 3.63) is 0 Å². The van der Waals surface area contributed by atoms with Crippen molar-refractivity contribution < 1.29 is 9.47 Å². The zero-order valence-corrected chi connectivity index (χ0v) is 8.43. The molecule has 74 valence electrons. The molecule has 0 aromatic carbocycles. The van der Waals surface area contributed by atoms with Gasteiger partial charge in [0.1, 0.15) is 0 Å². The molecule has 0 aliphatic rings. The molecular formula is C9H21NO2. The molecule has 0 rings (SSSR count). The molecule has 0 amide bonds. The van der Waals surface area contributed by atoms with Gasteiger partial charge in [0.15, 0.2) is 0 Å². The summed E-state index contributed by atoms with van der Waals surface area (Å²) in [4.78, 5) is 0. The van der Waals surface area contributed by atoms with E-state index in [0.29, 0.717) is 6.04 Å². The fraction of sp³-hybridized carbons (Fsp3) is 1.00. The molecule has 1 unspecified atom stereocenters. The number of hydrogen-bond acceptors (Lipinski definition) is 3. The average Bonchev–Trinajstić information content (AvgIpc) is 2.11. The van der Waals surface area contributed by atoms with Crippen LogP contribution in [0, 0.1) is 0 Å². The maximum absolute atomic E-state index is 5.30. The van der Waals surface area contributed by atoms with Crippen molar-refractivity contribution in [3.8, 4) is 0 Å². The Balaban J connectivity index is 3.26. The van der Waals surface area contributed by atoms with Gasteiger partial charge < -0.3 is 14.8 Å². The van der Waals surface area contributed by atoms with E-state index in [-0.39, 0.29) is 0 Å². The van der Waals surface area contributed by atoms with E-state index in [0.717, 1.165) is 32.8 Å². The lowest BCUT2D eigenvalue weighted by Gasteiger charge is -2.15. The van der Waals surface area contributed by atoms with Crippen LogP contribution >= 0.6 is 0 Å². The molecule has 0 aromatic rings. The molecule has 0 spiro atoms. The van der Waals surface area contributed by atoms with E-state index in [9.17, 15) is 0 Å². The quantitative estimate of drug-likeness (QED) is 0.559. The van der Waals surface area contributed by atoms with E-state index in [1.54, 1.807) is 0 Å². The second-order valence-electron chi connectivity index (χ2n) is 2.63. The fourth-order valence-corrected chi connectivity index (χ4v) is 0.941. The van der Waals surface area contributed by atoms with Crippen molar-refractivity contribution in [3.63, 3.8) is 0 Å². The molecule has 0 aliphatic heterocycles. The lowest BCUT2D eigenvalue weighted by Crippen LogP contribution is -2.31. The van der Waals surface area contributed by atoms with E-state index in [1.807, 2.05) is 20.9 Å². The SMILES string of the molecule is CCOCCC(COCC)NC. The van der Waals surface area contributed by atoms with Gasteiger partial charge in [-0.2, -0.15) is 0 Å². The third kappa shape index (κ3) is 6.58. The average molecular weight is 175 g/mol. The Morgan fingerprint density at radius 2 is 1.83 bits per heavy atom. The molecule has 0 aromatic heterocycles. The van der Waals surface area contributed by atoms with Crippen LogP contribution in [-0.2, 0) is 9.47 Å². The van der Waals surface area contributed by atoms with Crippen molar-refractivity contribution in [2.75, 3.05) is 33.5 Å². The second-order valence-corrected chi connectivity index (χ2v) is 2.63. The van der Waals surface area contributed by atoms with Crippen LogP contribution in [-0.4, -0.2) is 39.5 Å². The van der Waals surface area contributed by atoms with Crippen molar-refractivity contribution in [1.29, 1.82) is 0 Å². The van der Waals surface area contributed by atoms with Gasteiger partial charge in [0.2, 0.25) is 0 Å². The zero-order chi connectivity index (χ0) is 9.23. The van der Waals surface area contributed by atoms with Gasteiger partial charge in [-0.1, -0.05) is 0 Å². The van der Waals surface area contributed by atoms with Crippen LogP contribution in [0.5, 0.6) is 0 Å². The number of nitrogens with one attached hydrogen (secondary N) is 1. The molecule has 0 fully saturated rings. The van der Waals surface area contributed by atoms with Crippen molar-refractivity contribution >= 4 is 0 Å². The summed E-state index contributed by atoms with van der Waals surface area (Å²) >= 11 is 0. The minimum absolute atomic E-state index is 0.427. The van der Waals surface area contributed by atoms with Gasteiger partial charge in [0.25, 0.3) is 0 Å².